The van der Waals surface area contributed by atoms with Crippen molar-refractivity contribution in [1.29, 1.82) is 0 Å². The van der Waals surface area contributed by atoms with E-state index in [0.29, 0.717) is 22.6 Å². The second-order valence-electron chi connectivity index (χ2n) is 5.17. The standard InChI is InChI=1S/C18H18O6/c1-23-12-7-8-16(24-2)14(10-12)15(18(21)22)9-11-5-3-4-6-13(11)17(19)20/h3-8,10,15H,9H2,1-2H3,(H,19,20)(H,21,22). The summed E-state index contributed by atoms with van der Waals surface area (Å²) in [5, 5.41) is 18.9. The van der Waals surface area contributed by atoms with Crippen molar-refractivity contribution in [2.75, 3.05) is 14.2 Å². The van der Waals surface area contributed by atoms with E-state index in [1.165, 1.54) is 20.3 Å². The van der Waals surface area contributed by atoms with Crippen molar-refractivity contribution < 1.29 is 29.3 Å². The quantitative estimate of drug-likeness (QED) is 0.811. The van der Waals surface area contributed by atoms with Gasteiger partial charge in [0, 0.05) is 5.56 Å². The molecule has 24 heavy (non-hydrogen) atoms. The Labute approximate surface area is 139 Å². The van der Waals surface area contributed by atoms with Crippen LogP contribution in [0.3, 0.4) is 0 Å². The van der Waals surface area contributed by atoms with Crippen molar-refractivity contribution in [3.8, 4) is 11.5 Å². The predicted molar refractivity (Wildman–Crippen MR) is 87.0 cm³/mol. The SMILES string of the molecule is COc1ccc(OC)c(C(Cc2ccccc2C(=O)O)C(=O)O)c1. The number of hydrogen-bond donors (Lipinski definition) is 2. The van der Waals surface area contributed by atoms with Crippen LogP contribution < -0.4 is 9.47 Å². The minimum atomic E-state index is -1.09. The number of rotatable bonds is 7. The topological polar surface area (TPSA) is 93.1 Å². The van der Waals surface area contributed by atoms with E-state index in [2.05, 4.69) is 0 Å². The summed E-state index contributed by atoms with van der Waals surface area (Å²) in [5.41, 5.74) is 0.970. The monoisotopic (exact) mass is 330 g/mol. The summed E-state index contributed by atoms with van der Waals surface area (Å²) in [7, 11) is 2.94. The first kappa shape index (κ1) is 17.3. The van der Waals surface area contributed by atoms with Crippen LogP contribution in [0, 0.1) is 0 Å². The molecule has 2 rings (SSSR count). The van der Waals surface area contributed by atoms with Crippen LogP contribution >= 0.6 is 0 Å². The third-order valence-corrected chi connectivity index (χ3v) is 3.78. The van der Waals surface area contributed by atoms with Gasteiger partial charge >= 0.3 is 11.9 Å². The number of aromatic carboxylic acids is 1. The zero-order valence-corrected chi connectivity index (χ0v) is 13.4. The molecule has 126 valence electrons. The van der Waals surface area contributed by atoms with Crippen molar-refractivity contribution in [2.24, 2.45) is 0 Å². The molecule has 0 radical (unpaired) electrons. The van der Waals surface area contributed by atoms with Gasteiger partial charge in [-0.05, 0) is 36.2 Å². The smallest absolute Gasteiger partial charge is 0.335 e. The fourth-order valence-corrected chi connectivity index (χ4v) is 2.57. The Morgan fingerprint density at radius 2 is 1.75 bits per heavy atom. The van der Waals surface area contributed by atoms with E-state index >= 15 is 0 Å². The van der Waals surface area contributed by atoms with Crippen LogP contribution in [-0.2, 0) is 11.2 Å². The number of carbonyl (C=O) groups is 2. The number of methoxy groups -OCH3 is 2. The Bertz CT molecular complexity index is 753. The summed E-state index contributed by atoms with van der Waals surface area (Å²) in [6, 6.07) is 11.3. The summed E-state index contributed by atoms with van der Waals surface area (Å²) in [6.07, 6.45) is 0.0291. The van der Waals surface area contributed by atoms with Gasteiger partial charge in [-0.1, -0.05) is 18.2 Å². The van der Waals surface area contributed by atoms with Gasteiger partial charge in [-0.25, -0.2) is 4.79 Å². The van der Waals surface area contributed by atoms with Gasteiger partial charge in [-0.3, -0.25) is 4.79 Å². The van der Waals surface area contributed by atoms with E-state index in [1.54, 1.807) is 36.4 Å². The molecule has 0 aliphatic carbocycles. The molecule has 1 atom stereocenters. The number of hydrogen-bond acceptors (Lipinski definition) is 4. The number of aliphatic carboxylic acids is 1. The third kappa shape index (κ3) is 3.65. The van der Waals surface area contributed by atoms with Crippen molar-refractivity contribution in [2.45, 2.75) is 12.3 Å². The van der Waals surface area contributed by atoms with Crippen molar-refractivity contribution in [3.63, 3.8) is 0 Å². The highest BCUT2D eigenvalue weighted by Crippen LogP contribution is 2.33. The minimum Gasteiger partial charge on any atom is -0.497 e. The molecule has 0 aromatic heterocycles. The summed E-state index contributed by atoms with van der Waals surface area (Å²) in [6.45, 7) is 0. The first-order valence-corrected chi connectivity index (χ1v) is 7.23. The van der Waals surface area contributed by atoms with Gasteiger partial charge in [0.25, 0.3) is 0 Å². The van der Waals surface area contributed by atoms with Gasteiger partial charge in [0.15, 0.2) is 0 Å². The lowest BCUT2D eigenvalue weighted by atomic mass is 9.89. The average molecular weight is 330 g/mol. The molecular formula is C18H18O6. The molecule has 0 saturated heterocycles. The molecular weight excluding hydrogens is 312 g/mol. The third-order valence-electron chi connectivity index (χ3n) is 3.78. The molecule has 0 aliphatic heterocycles. The number of benzene rings is 2. The maximum absolute atomic E-state index is 11.8. The molecule has 0 fully saturated rings. The van der Waals surface area contributed by atoms with Crippen LogP contribution in [0.4, 0.5) is 0 Å². The van der Waals surface area contributed by atoms with Crippen molar-refractivity contribution in [1.82, 2.24) is 0 Å². The zero-order valence-electron chi connectivity index (χ0n) is 13.4. The Morgan fingerprint density at radius 1 is 1.04 bits per heavy atom. The van der Waals surface area contributed by atoms with Gasteiger partial charge < -0.3 is 19.7 Å². The summed E-state index contributed by atoms with van der Waals surface area (Å²) < 4.78 is 10.4. The van der Waals surface area contributed by atoms with E-state index < -0.39 is 17.9 Å². The molecule has 0 aliphatic rings. The molecule has 2 aromatic rings. The Hall–Kier alpha value is -3.02. The Kier molecular flexibility index (Phi) is 5.42. The van der Waals surface area contributed by atoms with Gasteiger partial charge in [0.2, 0.25) is 0 Å². The van der Waals surface area contributed by atoms with Crippen LogP contribution in [0.15, 0.2) is 42.5 Å². The molecule has 6 nitrogen and oxygen atoms in total. The maximum atomic E-state index is 11.8. The average Bonchev–Trinajstić information content (AvgIpc) is 2.59. The largest absolute Gasteiger partial charge is 0.497 e. The van der Waals surface area contributed by atoms with Crippen LogP contribution in [0.2, 0.25) is 0 Å². The number of ether oxygens (including phenoxy) is 2. The Morgan fingerprint density at radius 3 is 2.33 bits per heavy atom. The van der Waals surface area contributed by atoms with E-state index in [9.17, 15) is 19.8 Å². The van der Waals surface area contributed by atoms with Gasteiger partial charge in [0.05, 0.1) is 25.7 Å². The fraction of sp³-hybridized carbons (Fsp3) is 0.222. The molecule has 0 heterocycles. The first-order valence-electron chi connectivity index (χ1n) is 7.23. The predicted octanol–water partition coefficient (Wildman–Crippen LogP) is 2.81. The lowest BCUT2D eigenvalue weighted by Crippen LogP contribution is -2.17. The minimum absolute atomic E-state index is 0.0291. The molecule has 0 saturated carbocycles. The number of carboxylic acids is 2. The van der Waals surface area contributed by atoms with E-state index in [1.807, 2.05) is 0 Å². The molecule has 0 bridgehead atoms. The van der Waals surface area contributed by atoms with Gasteiger partial charge in [0.1, 0.15) is 11.5 Å². The Balaban J connectivity index is 2.49. The molecule has 0 spiro atoms. The molecule has 2 N–H and O–H groups in total. The van der Waals surface area contributed by atoms with E-state index in [0.717, 1.165) is 0 Å². The normalized spacial score (nSPS) is 11.6. The van der Waals surface area contributed by atoms with E-state index in [-0.39, 0.29) is 12.0 Å². The maximum Gasteiger partial charge on any atom is 0.335 e. The summed E-state index contributed by atoms with van der Waals surface area (Å²) >= 11 is 0. The van der Waals surface area contributed by atoms with Crippen molar-refractivity contribution in [3.05, 3.63) is 59.2 Å². The van der Waals surface area contributed by atoms with E-state index in [4.69, 9.17) is 9.47 Å². The fourth-order valence-electron chi connectivity index (χ4n) is 2.57. The van der Waals surface area contributed by atoms with Crippen LogP contribution in [0.25, 0.3) is 0 Å². The highest BCUT2D eigenvalue weighted by atomic mass is 16.5. The van der Waals surface area contributed by atoms with Crippen molar-refractivity contribution >= 4 is 11.9 Å². The second-order valence-corrected chi connectivity index (χ2v) is 5.17. The van der Waals surface area contributed by atoms with Crippen LogP contribution in [0.1, 0.15) is 27.4 Å². The van der Waals surface area contributed by atoms with Gasteiger partial charge in [-0.2, -0.15) is 0 Å². The molecule has 1 unspecified atom stereocenters. The van der Waals surface area contributed by atoms with Crippen LogP contribution in [-0.4, -0.2) is 36.4 Å². The number of carboxylic acid groups (broad SMARTS) is 2. The summed E-state index contributed by atoms with van der Waals surface area (Å²) in [5.74, 6) is -2.20. The van der Waals surface area contributed by atoms with Gasteiger partial charge in [-0.15, -0.1) is 0 Å². The molecule has 0 amide bonds. The highest BCUT2D eigenvalue weighted by molar-refractivity contribution is 5.90. The van der Waals surface area contributed by atoms with Crippen LogP contribution in [0.5, 0.6) is 11.5 Å². The lowest BCUT2D eigenvalue weighted by molar-refractivity contribution is -0.138. The molecule has 2 aromatic carbocycles. The second kappa shape index (κ2) is 7.50. The first-order chi connectivity index (χ1) is 11.5. The lowest BCUT2D eigenvalue weighted by Gasteiger charge is -2.18. The summed E-state index contributed by atoms with van der Waals surface area (Å²) in [4.78, 5) is 23.2. The molecule has 6 heteroatoms. The zero-order chi connectivity index (χ0) is 17.7. The highest BCUT2D eigenvalue weighted by Gasteiger charge is 2.26.